The summed E-state index contributed by atoms with van der Waals surface area (Å²) in [5.41, 5.74) is -1.16. The summed E-state index contributed by atoms with van der Waals surface area (Å²) >= 11 is 0. The minimum absolute atomic E-state index is 0.00972. The molecule has 2 aliphatic rings. The molecule has 0 aromatic rings. The van der Waals surface area contributed by atoms with Crippen LogP contribution in [0.5, 0.6) is 0 Å². The number of esters is 1. The monoisotopic (exact) mass is 312 g/mol. The molecule has 2 fully saturated rings. The number of nitrogens with one attached hydrogen (secondary N) is 1. The number of aliphatic hydroxyl groups excluding tert-OH is 1. The third kappa shape index (κ3) is 2.78. The van der Waals surface area contributed by atoms with E-state index in [1.54, 1.807) is 13.0 Å². The summed E-state index contributed by atoms with van der Waals surface area (Å²) in [4.78, 5) is 36.4. The lowest BCUT2D eigenvalue weighted by Crippen LogP contribution is -2.53. The Morgan fingerprint density at radius 3 is 2.68 bits per heavy atom. The van der Waals surface area contributed by atoms with Gasteiger partial charge in [-0.1, -0.05) is 6.08 Å². The molecule has 1 aliphatic carbocycles. The highest BCUT2D eigenvalue weighted by Gasteiger charge is 2.61. The number of likely N-dealkylation sites (tertiary alicyclic amines) is 1. The van der Waals surface area contributed by atoms with Gasteiger partial charge in [0.2, 0.25) is 5.91 Å². The summed E-state index contributed by atoms with van der Waals surface area (Å²) in [7, 11) is 0. The molecule has 0 radical (unpaired) electrons. The molecular formula is C14H20N2O6. The summed E-state index contributed by atoms with van der Waals surface area (Å²) in [6.45, 7) is 5.35. The van der Waals surface area contributed by atoms with Crippen LogP contribution in [-0.2, 0) is 14.3 Å². The number of hydrogen-bond acceptors (Lipinski definition) is 5. The first-order chi connectivity index (χ1) is 10.4. The molecule has 2 rings (SSSR count). The molecule has 4 atom stereocenters. The number of amides is 2. The van der Waals surface area contributed by atoms with Crippen LogP contribution in [0.4, 0.5) is 4.79 Å². The van der Waals surface area contributed by atoms with Crippen LogP contribution in [0.25, 0.3) is 0 Å². The van der Waals surface area contributed by atoms with Gasteiger partial charge in [0.1, 0.15) is 11.6 Å². The summed E-state index contributed by atoms with van der Waals surface area (Å²) in [5, 5.41) is 21.3. The first kappa shape index (κ1) is 16.3. The van der Waals surface area contributed by atoms with Crippen LogP contribution in [0.1, 0.15) is 19.8 Å². The zero-order valence-electron chi connectivity index (χ0n) is 12.3. The summed E-state index contributed by atoms with van der Waals surface area (Å²) in [6, 6.07) is -1.01. The van der Waals surface area contributed by atoms with Gasteiger partial charge in [-0.05, 0) is 13.3 Å². The molecule has 1 saturated carbocycles. The lowest BCUT2D eigenvalue weighted by Gasteiger charge is -2.24. The number of carboxylic acid groups (broad SMARTS) is 1. The SMILES string of the molecule is C=CC1CC1(NC(=O)C1CC(O)CN1C(=O)O)C(=O)OCC. The first-order valence-electron chi connectivity index (χ1n) is 7.15. The maximum absolute atomic E-state index is 12.4. The predicted octanol–water partition coefficient (Wildman–Crippen LogP) is -0.276. The highest BCUT2D eigenvalue weighted by Crippen LogP contribution is 2.45. The largest absolute Gasteiger partial charge is 0.465 e. The Morgan fingerprint density at radius 2 is 2.18 bits per heavy atom. The Balaban J connectivity index is 2.11. The third-order valence-electron chi connectivity index (χ3n) is 4.11. The van der Waals surface area contributed by atoms with E-state index in [1.807, 2.05) is 0 Å². The van der Waals surface area contributed by atoms with Gasteiger partial charge in [0.25, 0.3) is 0 Å². The first-order valence-corrected chi connectivity index (χ1v) is 7.15. The minimum atomic E-state index is -1.28. The predicted molar refractivity (Wildman–Crippen MR) is 75.0 cm³/mol. The number of β-amino-alcohol motifs (C(OH)–C–C–N with tert-alkyl or cyclic N) is 1. The molecule has 122 valence electrons. The van der Waals surface area contributed by atoms with E-state index in [0.29, 0.717) is 6.42 Å². The number of nitrogens with zero attached hydrogens (tertiary/aromatic N) is 1. The lowest BCUT2D eigenvalue weighted by molar-refractivity contribution is -0.149. The molecule has 8 heteroatoms. The Bertz CT molecular complexity index is 508. The van der Waals surface area contributed by atoms with E-state index in [2.05, 4.69) is 11.9 Å². The van der Waals surface area contributed by atoms with E-state index < -0.39 is 35.7 Å². The molecule has 1 heterocycles. The molecule has 22 heavy (non-hydrogen) atoms. The zero-order chi connectivity index (χ0) is 16.5. The second kappa shape index (κ2) is 5.96. The molecule has 2 amide bonds. The molecule has 3 N–H and O–H groups in total. The van der Waals surface area contributed by atoms with Crippen molar-refractivity contribution in [2.45, 2.75) is 37.5 Å². The van der Waals surface area contributed by atoms with E-state index in [1.165, 1.54) is 0 Å². The highest BCUT2D eigenvalue weighted by atomic mass is 16.5. The van der Waals surface area contributed by atoms with E-state index in [9.17, 15) is 19.5 Å². The average Bonchev–Trinajstić information content (AvgIpc) is 3.02. The molecule has 4 unspecified atom stereocenters. The van der Waals surface area contributed by atoms with Crippen LogP contribution < -0.4 is 5.32 Å². The fraction of sp³-hybridized carbons (Fsp3) is 0.643. The van der Waals surface area contributed by atoms with Gasteiger partial charge >= 0.3 is 12.1 Å². The molecule has 1 aliphatic heterocycles. The Labute approximate surface area is 127 Å². The smallest absolute Gasteiger partial charge is 0.408 e. The summed E-state index contributed by atoms with van der Waals surface area (Å²) in [6.07, 6.45) is -0.216. The van der Waals surface area contributed by atoms with E-state index in [4.69, 9.17) is 9.84 Å². The van der Waals surface area contributed by atoms with Gasteiger partial charge < -0.3 is 20.3 Å². The minimum Gasteiger partial charge on any atom is -0.465 e. The van der Waals surface area contributed by atoms with Crippen LogP contribution in [-0.4, -0.2) is 63.9 Å². The van der Waals surface area contributed by atoms with Gasteiger partial charge in [0.05, 0.1) is 19.3 Å². The van der Waals surface area contributed by atoms with E-state index in [-0.39, 0.29) is 25.5 Å². The van der Waals surface area contributed by atoms with Gasteiger partial charge in [-0.15, -0.1) is 6.58 Å². The van der Waals surface area contributed by atoms with Gasteiger partial charge in [-0.2, -0.15) is 0 Å². The van der Waals surface area contributed by atoms with Gasteiger partial charge in [0.15, 0.2) is 0 Å². The fourth-order valence-corrected chi connectivity index (χ4v) is 2.84. The summed E-state index contributed by atoms with van der Waals surface area (Å²) < 4.78 is 4.98. The summed E-state index contributed by atoms with van der Waals surface area (Å²) in [5.74, 6) is -1.38. The number of aliphatic hydroxyl groups is 1. The van der Waals surface area contributed by atoms with Crippen molar-refractivity contribution in [3.05, 3.63) is 12.7 Å². The van der Waals surface area contributed by atoms with Crippen molar-refractivity contribution in [3.8, 4) is 0 Å². The van der Waals surface area contributed by atoms with E-state index in [0.717, 1.165) is 4.90 Å². The van der Waals surface area contributed by atoms with Gasteiger partial charge in [0, 0.05) is 12.3 Å². The zero-order valence-corrected chi connectivity index (χ0v) is 12.3. The number of rotatable bonds is 5. The van der Waals surface area contributed by atoms with Crippen LogP contribution in [0.15, 0.2) is 12.7 Å². The molecule has 8 nitrogen and oxygen atoms in total. The lowest BCUT2D eigenvalue weighted by atomic mass is 10.1. The topological polar surface area (TPSA) is 116 Å². The van der Waals surface area contributed by atoms with E-state index >= 15 is 0 Å². The maximum atomic E-state index is 12.4. The quantitative estimate of drug-likeness (QED) is 0.475. The molecule has 0 spiro atoms. The van der Waals surface area contributed by atoms with Gasteiger partial charge in [-0.25, -0.2) is 9.59 Å². The second-order valence-corrected chi connectivity index (χ2v) is 5.57. The molecule has 1 saturated heterocycles. The average molecular weight is 312 g/mol. The van der Waals surface area contributed by atoms with Crippen LogP contribution in [0.2, 0.25) is 0 Å². The van der Waals surface area contributed by atoms with Crippen molar-refractivity contribution in [1.82, 2.24) is 10.2 Å². The fourth-order valence-electron chi connectivity index (χ4n) is 2.84. The van der Waals surface area contributed by atoms with Gasteiger partial charge in [-0.3, -0.25) is 9.69 Å². The molecular weight excluding hydrogens is 292 g/mol. The number of carbonyl (C=O) groups excluding carboxylic acids is 2. The Kier molecular flexibility index (Phi) is 4.41. The van der Waals surface area contributed by atoms with Crippen molar-refractivity contribution in [3.63, 3.8) is 0 Å². The number of ether oxygens (including phenoxy) is 1. The number of carbonyl (C=O) groups is 3. The van der Waals surface area contributed by atoms with Crippen molar-refractivity contribution in [1.29, 1.82) is 0 Å². The van der Waals surface area contributed by atoms with Crippen molar-refractivity contribution in [2.75, 3.05) is 13.2 Å². The third-order valence-corrected chi connectivity index (χ3v) is 4.11. The standard InChI is InChI=1S/C14H20N2O6/c1-3-8-6-14(8,12(19)22-4-2)15-11(18)10-5-9(17)7-16(10)13(20)21/h3,8-10,17H,1,4-7H2,2H3,(H,15,18)(H,20,21). The Hall–Kier alpha value is -2.09. The second-order valence-electron chi connectivity index (χ2n) is 5.57. The molecule has 0 aromatic heterocycles. The molecule has 0 bridgehead atoms. The van der Waals surface area contributed by atoms with Crippen molar-refractivity contribution >= 4 is 18.0 Å². The van der Waals surface area contributed by atoms with Crippen LogP contribution in [0.3, 0.4) is 0 Å². The van der Waals surface area contributed by atoms with Crippen molar-refractivity contribution in [2.24, 2.45) is 5.92 Å². The van der Waals surface area contributed by atoms with Crippen molar-refractivity contribution < 1.29 is 29.3 Å². The number of hydrogen-bond donors (Lipinski definition) is 3. The van der Waals surface area contributed by atoms with Crippen LogP contribution >= 0.6 is 0 Å². The molecule has 0 aromatic carbocycles. The van der Waals surface area contributed by atoms with Crippen LogP contribution in [0, 0.1) is 5.92 Å². The normalized spacial score (nSPS) is 33.2. The highest BCUT2D eigenvalue weighted by molar-refractivity contribution is 5.94. The Morgan fingerprint density at radius 1 is 1.50 bits per heavy atom. The maximum Gasteiger partial charge on any atom is 0.408 e.